The first kappa shape index (κ1) is 20.3. The van der Waals surface area contributed by atoms with Gasteiger partial charge in [-0.05, 0) is 38.2 Å². The number of aliphatic carboxylic acids is 1. The molecule has 144 valence electrons. The molecule has 0 aromatic heterocycles. The molecule has 1 aliphatic heterocycles. The molecule has 2 rings (SSSR count). The van der Waals surface area contributed by atoms with Crippen LogP contribution in [0, 0.1) is 5.92 Å². The van der Waals surface area contributed by atoms with Crippen LogP contribution in [0.2, 0.25) is 5.02 Å². The number of likely N-dealkylation sites (tertiary alicyclic amines) is 1. The number of halogens is 1. The molecule has 7 nitrogen and oxygen atoms in total. The average molecular weight is 385 g/mol. The lowest BCUT2D eigenvalue weighted by Crippen LogP contribution is -2.25. The van der Waals surface area contributed by atoms with Gasteiger partial charge in [0.05, 0.1) is 24.7 Å². The highest BCUT2D eigenvalue weighted by Gasteiger charge is 2.34. The largest absolute Gasteiger partial charge is 0.493 e. The van der Waals surface area contributed by atoms with Crippen molar-refractivity contribution in [2.75, 3.05) is 40.9 Å². The van der Waals surface area contributed by atoms with E-state index in [9.17, 15) is 9.59 Å². The number of hydrogen-bond donors (Lipinski definition) is 1. The van der Waals surface area contributed by atoms with Gasteiger partial charge >= 0.3 is 5.97 Å². The molecule has 1 atom stereocenters. The third-order valence-electron chi connectivity index (χ3n) is 4.22. The first-order valence-electron chi connectivity index (χ1n) is 8.46. The van der Waals surface area contributed by atoms with Gasteiger partial charge in [-0.2, -0.15) is 0 Å². The summed E-state index contributed by atoms with van der Waals surface area (Å²) in [6, 6.07) is 3.50. The normalized spacial score (nSPS) is 17.0. The van der Waals surface area contributed by atoms with Crippen LogP contribution < -0.4 is 9.47 Å². The van der Waals surface area contributed by atoms with Crippen LogP contribution in [0.15, 0.2) is 12.1 Å². The third kappa shape index (κ3) is 5.25. The molecular formula is C18H25ClN2O5. The van der Waals surface area contributed by atoms with Crippen molar-refractivity contribution in [2.24, 2.45) is 5.92 Å². The van der Waals surface area contributed by atoms with Gasteiger partial charge in [0.15, 0.2) is 11.5 Å². The number of carboxylic acid groups (broad SMARTS) is 1. The molecule has 0 saturated carbocycles. The third-order valence-corrected chi connectivity index (χ3v) is 4.50. The Kier molecular flexibility index (Phi) is 7.11. The van der Waals surface area contributed by atoms with E-state index < -0.39 is 11.9 Å². The fraction of sp³-hybridized carbons (Fsp3) is 0.556. The molecule has 1 aromatic rings. The quantitative estimate of drug-likeness (QED) is 0.657. The lowest BCUT2D eigenvalue weighted by molar-refractivity contribution is -0.141. The van der Waals surface area contributed by atoms with Gasteiger partial charge < -0.3 is 24.4 Å². The fourth-order valence-corrected chi connectivity index (χ4v) is 3.16. The Morgan fingerprint density at radius 2 is 2.15 bits per heavy atom. The molecule has 1 aliphatic rings. The van der Waals surface area contributed by atoms with Crippen LogP contribution in [0.4, 0.5) is 0 Å². The number of carbonyl (C=O) groups excluding carboxylic acids is 1. The maximum Gasteiger partial charge on any atom is 0.308 e. The Balaban J connectivity index is 2.06. The molecule has 0 aliphatic carbocycles. The van der Waals surface area contributed by atoms with Crippen LogP contribution in [0.3, 0.4) is 0 Å². The molecule has 1 heterocycles. The SMILES string of the molecule is COc1cc(CN2CC(C(=O)O)CC2=O)cc(Cl)c1OCCCN(C)C. The summed E-state index contributed by atoms with van der Waals surface area (Å²) >= 11 is 6.34. The van der Waals surface area contributed by atoms with Crippen molar-refractivity contribution in [3.8, 4) is 11.5 Å². The number of benzene rings is 1. The van der Waals surface area contributed by atoms with E-state index in [1.165, 1.54) is 12.0 Å². The predicted octanol–water partition coefficient (Wildman–Crippen LogP) is 2.11. The standard InChI is InChI=1S/C18H25ClN2O5/c1-20(2)5-4-6-26-17-14(19)7-12(8-15(17)25-3)10-21-11-13(18(23)24)9-16(21)22/h7-8,13H,4-6,9-11H2,1-3H3,(H,23,24). The number of ether oxygens (including phenoxy) is 2. The Hall–Kier alpha value is -1.99. The molecule has 0 spiro atoms. The van der Waals surface area contributed by atoms with Crippen LogP contribution in [0.5, 0.6) is 11.5 Å². The van der Waals surface area contributed by atoms with E-state index in [1.54, 1.807) is 12.1 Å². The molecule has 8 heteroatoms. The van der Waals surface area contributed by atoms with E-state index in [0.717, 1.165) is 18.5 Å². The number of amides is 1. The second-order valence-corrected chi connectivity index (χ2v) is 7.04. The predicted molar refractivity (Wildman–Crippen MR) is 97.8 cm³/mol. The van der Waals surface area contributed by atoms with Crippen LogP contribution in [-0.4, -0.2) is 67.7 Å². The van der Waals surface area contributed by atoms with Gasteiger partial charge in [-0.25, -0.2) is 0 Å². The Morgan fingerprint density at radius 1 is 1.42 bits per heavy atom. The van der Waals surface area contributed by atoms with E-state index in [0.29, 0.717) is 29.7 Å². The maximum absolute atomic E-state index is 12.0. The molecular weight excluding hydrogens is 360 g/mol. The van der Waals surface area contributed by atoms with Gasteiger partial charge in [-0.3, -0.25) is 9.59 Å². The number of nitrogens with zero attached hydrogens (tertiary/aromatic N) is 2. The number of methoxy groups -OCH3 is 1. The smallest absolute Gasteiger partial charge is 0.308 e. The highest BCUT2D eigenvalue weighted by atomic mass is 35.5. The summed E-state index contributed by atoms with van der Waals surface area (Å²) in [4.78, 5) is 26.7. The molecule has 1 unspecified atom stereocenters. The monoisotopic (exact) mass is 384 g/mol. The lowest BCUT2D eigenvalue weighted by Gasteiger charge is -2.19. The van der Waals surface area contributed by atoms with Crippen molar-refractivity contribution in [3.05, 3.63) is 22.7 Å². The summed E-state index contributed by atoms with van der Waals surface area (Å²) < 4.78 is 11.1. The molecule has 1 amide bonds. The van der Waals surface area contributed by atoms with Crippen molar-refractivity contribution in [2.45, 2.75) is 19.4 Å². The molecule has 1 aromatic carbocycles. The summed E-state index contributed by atoms with van der Waals surface area (Å²) in [5, 5.41) is 9.48. The molecule has 1 saturated heterocycles. The summed E-state index contributed by atoms with van der Waals surface area (Å²) in [6.45, 7) is 1.91. The van der Waals surface area contributed by atoms with Gasteiger partial charge in [0.25, 0.3) is 0 Å². The molecule has 1 fully saturated rings. The van der Waals surface area contributed by atoms with E-state index in [-0.39, 0.29) is 18.9 Å². The average Bonchev–Trinajstić information content (AvgIpc) is 2.93. The maximum atomic E-state index is 12.0. The highest BCUT2D eigenvalue weighted by Crippen LogP contribution is 2.37. The number of hydrogen-bond acceptors (Lipinski definition) is 5. The summed E-state index contributed by atoms with van der Waals surface area (Å²) in [6.07, 6.45) is 0.889. The zero-order valence-electron chi connectivity index (χ0n) is 15.3. The van der Waals surface area contributed by atoms with Crippen LogP contribution in [0.1, 0.15) is 18.4 Å². The van der Waals surface area contributed by atoms with E-state index in [1.807, 2.05) is 14.1 Å². The minimum Gasteiger partial charge on any atom is -0.493 e. The van der Waals surface area contributed by atoms with E-state index in [2.05, 4.69) is 4.90 Å². The summed E-state index contributed by atoms with van der Waals surface area (Å²) in [5.74, 6) is -0.791. The molecule has 26 heavy (non-hydrogen) atoms. The van der Waals surface area contributed by atoms with Crippen molar-refractivity contribution in [1.29, 1.82) is 0 Å². The zero-order chi connectivity index (χ0) is 19.3. The molecule has 0 radical (unpaired) electrons. The van der Waals surface area contributed by atoms with Gasteiger partial charge in [0, 0.05) is 26.1 Å². The highest BCUT2D eigenvalue weighted by molar-refractivity contribution is 6.32. The number of carbonyl (C=O) groups is 2. The van der Waals surface area contributed by atoms with Crippen molar-refractivity contribution < 1.29 is 24.2 Å². The summed E-state index contributed by atoms with van der Waals surface area (Å²) in [7, 11) is 5.53. The second-order valence-electron chi connectivity index (χ2n) is 6.63. The molecule has 0 bridgehead atoms. The minimum absolute atomic E-state index is 0.0350. The van der Waals surface area contributed by atoms with Crippen molar-refractivity contribution in [3.63, 3.8) is 0 Å². The van der Waals surface area contributed by atoms with Gasteiger partial charge in [0.1, 0.15) is 0 Å². The number of rotatable bonds is 9. The minimum atomic E-state index is -0.946. The zero-order valence-corrected chi connectivity index (χ0v) is 16.1. The van der Waals surface area contributed by atoms with Crippen LogP contribution in [0.25, 0.3) is 0 Å². The number of carboxylic acids is 1. The Labute approximate surface area is 158 Å². The molecule has 1 N–H and O–H groups in total. The van der Waals surface area contributed by atoms with Gasteiger partial charge in [0.2, 0.25) is 5.91 Å². The lowest BCUT2D eigenvalue weighted by atomic mass is 10.1. The topological polar surface area (TPSA) is 79.3 Å². The van der Waals surface area contributed by atoms with Gasteiger partial charge in [-0.1, -0.05) is 11.6 Å². The van der Waals surface area contributed by atoms with E-state index >= 15 is 0 Å². The Morgan fingerprint density at radius 3 is 2.73 bits per heavy atom. The van der Waals surface area contributed by atoms with E-state index in [4.69, 9.17) is 26.2 Å². The van der Waals surface area contributed by atoms with Crippen molar-refractivity contribution >= 4 is 23.5 Å². The first-order valence-corrected chi connectivity index (χ1v) is 8.84. The van der Waals surface area contributed by atoms with Crippen LogP contribution >= 0.6 is 11.6 Å². The van der Waals surface area contributed by atoms with Crippen molar-refractivity contribution in [1.82, 2.24) is 9.80 Å². The van der Waals surface area contributed by atoms with Crippen LogP contribution in [-0.2, 0) is 16.1 Å². The Bertz CT molecular complexity index is 665. The van der Waals surface area contributed by atoms with Gasteiger partial charge in [-0.15, -0.1) is 0 Å². The fourth-order valence-electron chi connectivity index (χ4n) is 2.87. The second kappa shape index (κ2) is 9.09. The first-order chi connectivity index (χ1) is 12.3. The summed E-state index contributed by atoms with van der Waals surface area (Å²) in [5.41, 5.74) is 0.770.